The minimum Gasteiger partial charge on any atom is -0.349 e. The first-order valence-corrected chi connectivity index (χ1v) is 11.4. The van der Waals surface area contributed by atoms with E-state index in [4.69, 9.17) is 0 Å². The van der Waals surface area contributed by atoms with E-state index in [0.717, 1.165) is 18.5 Å². The normalized spacial score (nSPS) is 20.0. The highest BCUT2D eigenvalue weighted by atomic mass is 19.1. The Labute approximate surface area is 190 Å². The standard InChI is InChI=1S/C28H31FN2O/c1-20-9-8-13-23(15-20)25-16-26(28(32)30-21(2)22-10-4-3-5-11-22)19-31(18-25)17-24-12-6-7-14-27(24)29/h3-15,21,25-26H,16-19H2,1-2H3,(H,30,32). The van der Waals surface area contributed by atoms with E-state index in [9.17, 15) is 9.18 Å². The van der Waals surface area contributed by atoms with Crippen molar-refractivity contribution in [2.24, 2.45) is 5.92 Å². The summed E-state index contributed by atoms with van der Waals surface area (Å²) in [6.07, 6.45) is 0.796. The molecule has 3 nitrogen and oxygen atoms in total. The maximum atomic E-state index is 14.3. The molecular formula is C28H31FN2O. The van der Waals surface area contributed by atoms with Gasteiger partial charge in [0.15, 0.2) is 0 Å². The van der Waals surface area contributed by atoms with Crippen LogP contribution in [0.2, 0.25) is 0 Å². The zero-order chi connectivity index (χ0) is 22.5. The van der Waals surface area contributed by atoms with Crippen LogP contribution in [0.25, 0.3) is 0 Å². The largest absolute Gasteiger partial charge is 0.349 e. The topological polar surface area (TPSA) is 32.3 Å². The lowest BCUT2D eigenvalue weighted by molar-refractivity contribution is -0.127. The molecule has 0 spiro atoms. The fourth-order valence-electron chi connectivity index (χ4n) is 4.70. The molecule has 1 fully saturated rings. The summed E-state index contributed by atoms with van der Waals surface area (Å²) in [6, 6.07) is 25.4. The first kappa shape index (κ1) is 22.2. The van der Waals surface area contributed by atoms with Crippen LogP contribution in [0.3, 0.4) is 0 Å². The molecule has 1 saturated heterocycles. The van der Waals surface area contributed by atoms with Gasteiger partial charge in [0.2, 0.25) is 5.91 Å². The molecular weight excluding hydrogens is 399 g/mol. The van der Waals surface area contributed by atoms with Gasteiger partial charge in [-0.25, -0.2) is 4.39 Å². The van der Waals surface area contributed by atoms with E-state index in [1.165, 1.54) is 17.2 Å². The first-order chi connectivity index (χ1) is 15.5. The monoisotopic (exact) mass is 430 g/mol. The summed E-state index contributed by atoms with van der Waals surface area (Å²) in [5.41, 5.74) is 4.23. The maximum absolute atomic E-state index is 14.3. The highest BCUT2D eigenvalue weighted by Gasteiger charge is 2.33. The van der Waals surface area contributed by atoms with Crippen molar-refractivity contribution in [3.63, 3.8) is 0 Å². The van der Waals surface area contributed by atoms with Gasteiger partial charge < -0.3 is 5.32 Å². The zero-order valence-corrected chi connectivity index (χ0v) is 18.8. The molecule has 0 radical (unpaired) electrons. The van der Waals surface area contributed by atoms with E-state index >= 15 is 0 Å². The number of aryl methyl sites for hydroxylation is 1. The van der Waals surface area contributed by atoms with Crippen LogP contribution in [0, 0.1) is 18.7 Å². The van der Waals surface area contributed by atoms with Crippen LogP contribution in [-0.4, -0.2) is 23.9 Å². The van der Waals surface area contributed by atoms with Crippen molar-refractivity contribution in [2.45, 2.75) is 38.8 Å². The van der Waals surface area contributed by atoms with Gasteiger partial charge in [0, 0.05) is 25.2 Å². The summed E-state index contributed by atoms with van der Waals surface area (Å²) < 4.78 is 14.3. The summed E-state index contributed by atoms with van der Waals surface area (Å²) in [5.74, 6) is -0.0356. The molecule has 4 rings (SSSR count). The predicted octanol–water partition coefficient (Wildman–Crippen LogP) is 5.62. The van der Waals surface area contributed by atoms with Gasteiger partial charge in [-0.05, 0) is 43.4 Å². The quantitative estimate of drug-likeness (QED) is 0.551. The third-order valence-electron chi connectivity index (χ3n) is 6.42. The molecule has 4 heteroatoms. The van der Waals surface area contributed by atoms with E-state index in [-0.39, 0.29) is 29.6 Å². The van der Waals surface area contributed by atoms with Gasteiger partial charge in [-0.3, -0.25) is 9.69 Å². The molecule has 1 aliphatic heterocycles. The first-order valence-electron chi connectivity index (χ1n) is 11.4. The molecule has 3 atom stereocenters. The van der Waals surface area contributed by atoms with E-state index in [1.807, 2.05) is 49.4 Å². The molecule has 1 amide bonds. The second kappa shape index (κ2) is 10.1. The lowest BCUT2D eigenvalue weighted by atomic mass is 9.83. The van der Waals surface area contributed by atoms with E-state index in [1.54, 1.807) is 6.07 Å². The highest BCUT2D eigenvalue weighted by molar-refractivity contribution is 5.79. The number of nitrogens with zero attached hydrogens (tertiary/aromatic N) is 1. The molecule has 1 heterocycles. The van der Waals surface area contributed by atoms with E-state index in [0.29, 0.717) is 18.7 Å². The average molecular weight is 431 g/mol. The Bertz CT molecular complexity index is 1050. The van der Waals surface area contributed by atoms with Gasteiger partial charge >= 0.3 is 0 Å². The number of amides is 1. The van der Waals surface area contributed by atoms with Crippen molar-refractivity contribution in [2.75, 3.05) is 13.1 Å². The number of benzene rings is 3. The molecule has 32 heavy (non-hydrogen) atoms. The van der Waals surface area contributed by atoms with Crippen LogP contribution in [0.1, 0.15) is 47.6 Å². The Morgan fingerprint density at radius 3 is 2.53 bits per heavy atom. The molecule has 0 aromatic heterocycles. The Balaban J connectivity index is 1.53. The minimum atomic E-state index is -0.191. The minimum absolute atomic E-state index is 0.0527. The third kappa shape index (κ3) is 5.43. The number of rotatable bonds is 6. The van der Waals surface area contributed by atoms with Crippen molar-refractivity contribution < 1.29 is 9.18 Å². The highest BCUT2D eigenvalue weighted by Crippen LogP contribution is 2.32. The van der Waals surface area contributed by atoms with Crippen LogP contribution >= 0.6 is 0 Å². The van der Waals surface area contributed by atoms with Gasteiger partial charge in [0.25, 0.3) is 0 Å². The summed E-state index contributed by atoms with van der Waals surface area (Å²) >= 11 is 0. The SMILES string of the molecule is Cc1cccc(C2CC(C(=O)NC(C)c3ccccc3)CN(Cc3ccccc3F)C2)c1. The molecule has 3 aromatic rings. The van der Waals surface area contributed by atoms with Crippen molar-refractivity contribution in [3.8, 4) is 0 Å². The molecule has 0 bridgehead atoms. The summed E-state index contributed by atoms with van der Waals surface area (Å²) in [4.78, 5) is 15.5. The molecule has 0 saturated carbocycles. The van der Waals surface area contributed by atoms with Gasteiger partial charge in [-0.2, -0.15) is 0 Å². The van der Waals surface area contributed by atoms with Gasteiger partial charge in [0.1, 0.15) is 5.82 Å². The fourth-order valence-corrected chi connectivity index (χ4v) is 4.70. The van der Waals surface area contributed by atoms with Gasteiger partial charge in [-0.15, -0.1) is 0 Å². The number of carbonyl (C=O) groups excluding carboxylic acids is 1. The lowest BCUT2D eigenvalue weighted by Gasteiger charge is -2.38. The second-order valence-electron chi connectivity index (χ2n) is 8.97. The van der Waals surface area contributed by atoms with E-state index < -0.39 is 0 Å². The van der Waals surface area contributed by atoms with Crippen LogP contribution in [0.15, 0.2) is 78.9 Å². The van der Waals surface area contributed by atoms with Crippen LogP contribution in [-0.2, 0) is 11.3 Å². The van der Waals surface area contributed by atoms with Crippen molar-refractivity contribution in [3.05, 3.63) is 107 Å². The average Bonchev–Trinajstić information content (AvgIpc) is 2.81. The Hall–Kier alpha value is -2.98. The lowest BCUT2D eigenvalue weighted by Crippen LogP contribution is -2.46. The molecule has 1 N–H and O–H groups in total. The Kier molecular flexibility index (Phi) is 7.01. The van der Waals surface area contributed by atoms with Gasteiger partial charge in [-0.1, -0.05) is 78.4 Å². The number of carbonyl (C=O) groups is 1. The Morgan fingerprint density at radius 2 is 1.78 bits per heavy atom. The van der Waals surface area contributed by atoms with Crippen LogP contribution in [0.5, 0.6) is 0 Å². The molecule has 166 valence electrons. The third-order valence-corrected chi connectivity index (χ3v) is 6.42. The Morgan fingerprint density at radius 1 is 1.03 bits per heavy atom. The number of nitrogens with one attached hydrogen (secondary N) is 1. The smallest absolute Gasteiger partial charge is 0.224 e. The number of hydrogen-bond acceptors (Lipinski definition) is 2. The van der Waals surface area contributed by atoms with Crippen LogP contribution in [0.4, 0.5) is 4.39 Å². The number of likely N-dealkylation sites (tertiary alicyclic amines) is 1. The summed E-state index contributed by atoms with van der Waals surface area (Å²) in [7, 11) is 0. The molecule has 1 aliphatic rings. The number of piperidine rings is 1. The molecule has 3 aromatic carbocycles. The van der Waals surface area contributed by atoms with Crippen molar-refractivity contribution in [1.82, 2.24) is 10.2 Å². The van der Waals surface area contributed by atoms with E-state index in [2.05, 4.69) is 41.4 Å². The number of halogens is 1. The van der Waals surface area contributed by atoms with Crippen LogP contribution < -0.4 is 5.32 Å². The van der Waals surface area contributed by atoms with Gasteiger partial charge in [0.05, 0.1) is 12.0 Å². The second-order valence-corrected chi connectivity index (χ2v) is 8.97. The maximum Gasteiger partial charge on any atom is 0.224 e. The zero-order valence-electron chi connectivity index (χ0n) is 18.8. The summed E-state index contributed by atoms with van der Waals surface area (Å²) in [5, 5.41) is 3.21. The number of hydrogen-bond donors (Lipinski definition) is 1. The fraction of sp³-hybridized carbons (Fsp3) is 0.321. The molecule has 3 unspecified atom stereocenters. The van der Waals surface area contributed by atoms with Crippen molar-refractivity contribution in [1.29, 1.82) is 0 Å². The van der Waals surface area contributed by atoms with Crippen molar-refractivity contribution >= 4 is 5.91 Å². The molecule has 0 aliphatic carbocycles. The summed E-state index contributed by atoms with van der Waals surface area (Å²) in [6.45, 7) is 6.06. The predicted molar refractivity (Wildman–Crippen MR) is 127 cm³/mol.